The quantitative estimate of drug-likeness (QED) is 0.562. The highest BCUT2D eigenvalue weighted by Crippen LogP contribution is 2.25. The van der Waals surface area contributed by atoms with Gasteiger partial charge in [0.15, 0.2) is 6.61 Å². The van der Waals surface area contributed by atoms with E-state index in [1.54, 1.807) is 32.2 Å². The Morgan fingerprint density at radius 2 is 1.94 bits per heavy atom. The second kappa shape index (κ2) is 10.3. The monoisotopic (exact) mass is 441 g/mol. The van der Waals surface area contributed by atoms with Crippen molar-refractivity contribution in [1.29, 1.82) is 0 Å². The number of rotatable bonds is 10. The Hall–Kier alpha value is -3.04. The van der Waals surface area contributed by atoms with E-state index in [-0.39, 0.29) is 29.2 Å². The molecule has 0 saturated carbocycles. The summed E-state index contributed by atoms with van der Waals surface area (Å²) in [4.78, 5) is 32.1. The third-order valence-electron chi connectivity index (χ3n) is 4.47. The molecule has 2 aromatic rings. The van der Waals surface area contributed by atoms with Gasteiger partial charge in [-0.25, -0.2) is 13.8 Å². The van der Waals surface area contributed by atoms with Crippen LogP contribution in [0.1, 0.15) is 53.5 Å². The van der Waals surface area contributed by atoms with Crippen LogP contribution in [0.15, 0.2) is 30.6 Å². The van der Waals surface area contributed by atoms with Gasteiger partial charge in [-0.05, 0) is 37.6 Å². The van der Waals surface area contributed by atoms with Crippen molar-refractivity contribution in [2.45, 2.75) is 52.0 Å². The van der Waals surface area contributed by atoms with Crippen LogP contribution in [-0.2, 0) is 11.2 Å². The second-order valence-electron chi connectivity index (χ2n) is 7.04. The summed E-state index contributed by atoms with van der Waals surface area (Å²) in [5.74, 6) is -4.98. The predicted octanol–water partition coefficient (Wildman–Crippen LogP) is 4.08. The van der Waals surface area contributed by atoms with E-state index in [0.29, 0.717) is 12.1 Å². The molecule has 1 unspecified atom stereocenters. The number of hydrogen-bond donors (Lipinski definition) is 1. The highest BCUT2D eigenvalue weighted by Gasteiger charge is 2.42. The van der Waals surface area contributed by atoms with Crippen LogP contribution in [-0.4, -0.2) is 40.6 Å². The third kappa shape index (κ3) is 6.73. The molecule has 0 aliphatic carbocycles. The lowest BCUT2D eigenvalue weighted by Crippen LogP contribution is -2.34. The molecule has 1 atom stereocenters. The highest BCUT2D eigenvalue weighted by atomic mass is 19.3. The van der Waals surface area contributed by atoms with E-state index >= 15 is 0 Å². The zero-order chi connectivity index (χ0) is 23.2. The Kier molecular flexibility index (Phi) is 8.07. The lowest BCUT2D eigenvalue weighted by atomic mass is 10.1. The van der Waals surface area contributed by atoms with Gasteiger partial charge < -0.3 is 10.1 Å². The standard InChI is InChI=1S/C21H23F4N3O3/c1-4-17(29)9-16-8-14(5-6-26-16)13(3)28-18(30)15-7-12(2)19(27-10-15)31-11-21(24,25)20(22)23/h5-8,10,13,20H,4,9,11H2,1-3H3,(H,28,30). The van der Waals surface area contributed by atoms with Crippen molar-refractivity contribution < 1.29 is 31.9 Å². The van der Waals surface area contributed by atoms with Crippen LogP contribution < -0.4 is 10.1 Å². The van der Waals surface area contributed by atoms with Crippen molar-refractivity contribution in [3.05, 3.63) is 53.0 Å². The van der Waals surface area contributed by atoms with Gasteiger partial charge in [0.25, 0.3) is 5.91 Å². The van der Waals surface area contributed by atoms with Gasteiger partial charge in [0.1, 0.15) is 5.78 Å². The van der Waals surface area contributed by atoms with Crippen LogP contribution in [0.25, 0.3) is 0 Å². The largest absolute Gasteiger partial charge is 0.471 e. The minimum absolute atomic E-state index is 0.0523. The van der Waals surface area contributed by atoms with E-state index in [9.17, 15) is 27.2 Å². The number of aromatic nitrogens is 2. The van der Waals surface area contributed by atoms with E-state index < -0.39 is 30.9 Å². The molecule has 10 heteroatoms. The molecule has 168 valence electrons. The molecule has 0 aromatic carbocycles. The molecule has 0 spiro atoms. The van der Waals surface area contributed by atoms with Crippen LogP contribution in [0, 0.1) is 6.92 Å². The number of hydrogen-bond acceptors (Lipinski definition) is 5. The zero-order valence-corrected chi connectivity index (χ0v) is 17.3. The normalized spacial score (nSPS) is 12.5. The molecule has 0 saturated heterocycles. The van der Waals surface area contributed by atoms with Crippen molar-refractivity contribution in [2.24, 2.45) is 0 Å². The number of aryl methyl sites for hydroxylation is 1. The maximum absolute atomic E-state index is 13.0. The Bertz CT molecular complexity index is 938. The van der Waals surface area contributed by atoms with Crippen molar-refractivity contribution >= 4 is 11.7 Å². The molecule has 0 bridgehead atoms. The van der Waals surface area contributed by atoms with Crippen molar-refractivity contribution in [1.82, 2.24) is 15.3 Å². The number of Topliss-reactive ketones (excluding diaryl/α,β-unsaturated/α-hetero) is 1. The van der Waals surface area contributed by atoms with Gasteiger partial charge in [-0.1, -0.05) is 6.92 Å². The van der Waals surface area contributed by atoms with Crippen LogP contribution in [0.3, 0.4) is 0 Å². The maximum atomic E-state index is 13.0. The SMILES string of the molecule is CCC(=O)Cc1cc(C(C)NC(=O)c2cnc(OCC(F)(F)C(F)F)c(C)c2)ccn1. The molecule has 31 heavy (non-hydrogen) atoms. The fourth-order valence-electron chi connectivity index (χ4n) is 2.62. The Labute approximate surface area is 177 Å². The van der Waals surface area contributed by atoms with Gasteiger partial charge in [-0.15, -0.1) is 0 Å². The molecule has 0 fully saturated rings. The summed E-state index contributed by atoms with van der Waals surface area (Å²) in [6.45, 7) is 3.46. The summed E-state index contributed by atoms with van der Waals surface area (Å²) < 4.78 is 55.2. The number of pyridine rings is 2. The van der Waals surface area contributed by atoms with Crippen molar-refractivity contribution in [3.8, 4) is 5.88 Å². The molecule has 1 amide bonds. The van der Waals surface area contributed by atoms with E-state index in [2.05, 4.69) is 15.3 Å². The van der Waals surface area contributed by atoms with Crippen LogP contribution >= 0.6 is 0 Å². The Balaban J connectivity index is 2.04. The predicted molar refractivity (Wildman–Crippen MR) is 105 cm³/mol. The molecule has 2 aromatic heterocycles. The van der Waals surface area contributed by atoms with Crippen molar-refractivity contribution in [3.63, 3.8) is 0 Å². The third-order valence-corrected chi connectivity index (χ3v) is 4.47. The second-order valence-corrected chi connectivity index (χ2v) is 7.04. The number of carbonyl (C=O) groups excluding carboxylic acids is 2. The van der Waals surface area contributed by atoms with Gasteiger partial charge in [0, 0.05) is 36.5 Å². The van der Waals surface area contributed by atoms with E-state index in [1.807, 2.05) is 0 Å². The number of carbonyl (C=O) groups is 2. The topological polar surface area (TPSA) is 81.2 Å². The molecule has 1 N–H and O–H groups in total. The summed E-state index contributed by atoms with van der Waals surface area (Å²) >= 11 is 0. The summed E-state index contributed by atoms with van der Waals surface area (Å²) in [5, 5.41) is 2.77. The molecule has 0 radical (unpaired) electrons. The molecule has 2 rings (SSSR count). The number of amides is 1. The fraction of sp³-hybridized carbons (Fsp3) is 0.429. The average Bonchev–Trinajstić information content (AvgIpc) is 2.72. The number of ether oxygens (including phenoxy) is 1. The fourth-order valence-corrected chi connectivity index (χ4v) is 2.62. The molecule has 0 aliphatic rings. The number of alkyl halides is 4. The first-order chi connectivity index (χ1) is 14.5. The number of nitrogens with one attached hydrogen (secondary N) is 1. The average molecular weight is 441 g/mol. The van der Waals surface area contributed by atoms with Crippen LogP contribution in [0.4, 0.5) is 17.6 Å². The van der Waals surface area contributed by atoms with Gasteiger partial charge in [-0.3, -0.25) is 14.6 Å². The minimum atomic E-state index is -4.30. The lowest BCUT2D eigenvalue weighted by molar-refractivity contribution is -0.148. The molecule has 0 aliphatic heterocycles. The van der Waals surface area contributed by atoms with Crippen molar-refractivity contribution in [2.75, 3.05) is 6.61 Å². The molecule has 2 heterocycles. The summed E-state index contributed by atoms with van der Waals surface area (Å²) in [6.07, 6.45) is -0.566. The molecule has 6 nitrogen and oxygen atoms in total. The van der Waals surface area contributed by atoms with Gasteiger partial charge in [-0.2, -0.15) is 8.78 Å². The van der Waals surface area contributed by atoms with Crippen LogP contribution in [0.5, 0.6) is 5.88 Å². The first-order valence-electron chi connectivity index (χ1n) is 9.56. The van der Waals surface area contributed by atoms with E-state index in [0.717, 1.165) is 11.8 Å². The first kappa shape index (κ1) is 24.2. The zero-order valence-electron chi connectivity index (χ0n) is 17.3. The Morgan fingerprint density at radius 3 is 2.55 bits per heavy atom. The number of nitrogens with zero attached hydrogens (tertiary/aromatic N) is 2. The number of halogens is 4. The summed E-state index contributed by atoms with van der Waals surface area (Å²) in [6, 6.07) is 4.41. The molecular weight excluding hydrogens is 418 g/mol. The van der Waals surface area contributed by atoms with Crippen LogP contribution in [0.2, 0.25) is 0 Å². The van der Waals surface area contributed by atoms with Gasteiger partial charge in [0.05, 0.1) is 11.6 Å². The van der Waals surface area contributed by atoms with Gasteiger partial charge >= 0.3 is 12.3 Å². The lowest BCUT2D eigenvalue weighted by Gasteiger charge is -2.17. The minimum Gasteiger partial charge on any atom is -0.471 e. The van der Waals surface area contributed by atoms with Gasteiger partial charge in [0.2, 0.25) is 5.88 Å². The molecular formula is C21H23F4N3O3. The smallest absolute Gasteiger partial charge is 0.340 e. The highest BCUT2D eigenvalue weighted by molar-refractivity contribution is 5.94. The first-order valence-corrected chi connectivity index (χ1v) is 9.56. The maximum Gasteiger partial charge on any atom is 0.340 e. The number of ketones is 1. The summed E-state index contributed by atoms with van der Waals surface area (Å²) in [7, 11) is 0. The van der Waals surface area contributed by atoms with E-state index in [1.165, 1.54) is 13.0 Å². The summed E-state index contributed by atoms with van der Waals surface area (Å²) in [5.41, 5.74) is 1.74. The Morgan fingerprint density at radius 1 is 1.23 bits per heavy atom. The van der Waals surface area contributed by atoms with E-state index in [4.69, 9.17) is 4.74 Å².